The van der Waals surface area contributed by atoms with Gasteiger partial charge >= 0.3 is 5.97 Å². The number of nitrogens with zero attached hydrogens (tertiary/aromatic N) is 1. The number of hydrogen-bond donors (Lipinski definition) is 2. The zero-order valence-electron chi connectivity index (χ0n) is 11.7. The Labute approximate surface area is 123 Å². The minimum absolute atomic E-state index is 0.01000. The van der Waals surface area contributed by atoms with Gasteiger partial charge in [0.1, 0.15) is 0 Å². The molecule has 0 saturated carbocycles. The van der Waals surface area contributed by atoms with Crippen molar-refractivity contribution < 1.29 is 19.8 Å². The molecule has 1 amide bonds. The van der Waals surface area contributed by atoms with Gasteiger partial charge in [0, 0.05) is 31.3 Å². The molecule has 21 heavy (non-hydrogen) atoms. The highest BCUT2D eigenvalue weighted by Crippen LogP contribution is 2.21. The zero-order valence-corrected chi connectivity index (χ0v) is 11.7. The maximum atomic E-state index is 12.3. The molecular weight excluding hydrogens is 270 g/mol. The van der Waals surface area contributed by atoms with Crippen molar-refractivity contribution in [3.8, 4) is 0 Å². The molecule has 1 unspecified atom stereocenters. The third-order valence-corrected chi connectivity index (χ3v) is 3.69. The first kappa shape index (κ1) is 15.3. The van der Waals surface area contributed by atoms with Gasteiger partial charge in [0.15, 0.2) is 0 Å². The van der Waals surface area contributed by atoms with E-state index in [2.05, 4.69) is 0 Å². The van der Waals surface area contributed by atoms with E-state index < -0.39 is 5.97 Å². The van der Waals surface area contributed by atoms with Crippen LogP contribution in [0.5, 0.6) is 0 Å². The largest absolute Gasteiger partial charge is 0.478 e. The predicted molar refractivity (Wildman–Crippen MR) is 78.8 cm³/mol. The van der Waals surface area contributed by atoms with Crippen LogP contribution in [-0.2, 0) is 4.79 Å². The quantitative estimate of drug-likeness (QED) is 0.808. The second kappa shape index (κ2) is 7.04. The molecule has 1 aliphatic rings. The van der Waals surface area contributed by atoms with Gasteiger partial charge in [0.05, 0.1) is 0 Å². The predicted octanol–water partition coefficient (Wildman–Crippen LogP) is 1.63. The van der Waals surface area contributed by atoms with Crippen molar-refractivity contribution in [1.29, 1.82) is 0 Å². The van der Waals surface area contributed by atoms with Crippen molar-refractivity contribution in [3.05, 3.63) is 41.5 Å². The Bertz CT molecular complexity index is 536. The number of carboxylic acids is 1. The summed E-state index contributed by atoms with van der Waals surface area (Å²) in [5, 5.41) is 17.5. The summed E-state index contributed by atoms with van der Waals surface area (Å²) in [6.45, 7) is 1.58. The average molecular weight is 289 g/mol. The van der Waals surface area contributed by atoms with E-state index in [0.717, 1.165) is 31.0 Å². The maximum absolute atomic E-state index is 12.3. The summed E-state index contributed by atoms with van der Waals surface area (Å²) in [7, 11) is 0. The summed E-state index contributed by atoms with van der Waals surface area (Å²) in [5.41, 5.74) is 1.35. The number of aliphatic hydroxyl groups excluding tert-OH is 1. The van der Waals surface area contributed by atoms with Crippen molar-refractivity contribution in [2.75, 3.05) is 19.7 Å². The summed E-state index contributed by atoms with van der Waals surface area (Å²) in [6, 6.07) is 6.88. The van der Waals surface area contributed by atoms with Crippen LogP contribution in [0.1, 0.15) is 28.8 Å². The lowest BCUT2D eigenvalue weighted by Crippen LogP contribution is -2.28. The number of likely N-dealkylation sites (tertiary alicyclic amines) is 1. The Morgan fingerprint density at radius 1 is 1.29 bits per heavy atom. The molecule has 1 aromatic rings. The molecule has 1 saturated heterocycles. The average Bonchev–Trinajstić information content (AvgIpc) is 2.94. The van der Waals surface area contributed by atoms with Crippen LogP contribution in [0.4, 0.5) is 0 Å². The Kier molecular flexibility index (Phi) is 5.11. The third kappa shape index (κ3) is 4.16. The number of hydrogen-bond acceptors (Lipinski definition) is 3. The number of carboxylic acid groups (broad SMARTS) is 1. The highest BCUT2D eigenvalue weighted by Gasteiger charge is 2.26. The molecule has 2 N–H and O–H groups in total. The zero-order chi connectivity index (χ0) is 15.2. The van der Waals surface area contributed by atoms with E-state index in [0.29, 0.717) is 18.0 Å². The van der Waals surface area contributed by atoms with E-state index in [1.54, 1.807) is 24.3 Å². The van der Waals surface area contributed by atoms with E-state index in [1.807, 2.05) is 4.90 Å². The van der Waals surface area contributed by atoms with Gasteiger partial charge in [-0.1, -0.05) is 12.1 Å². The normalized spacial score (nSPS) is 18.3. The monoisotopic (exact) mass is 289 g/mol. The number of aliphatic carboxylic acids is 1. The third-order valence-electron chi connectivity index (χ3n) is 3.69. The summed E-state index contributed by atoms with van der Waals surface area (Å²) < 4.78 is 0. The fraction of sp³-hybridized carbons (Fsp3) is 0.375. The summed E-state index contributed by atoms with van der Waals surface area (Å²) in [5.74, 6) is -0.622. The second-order valence-corrected chi connectivity index (χ2v) is 5.21. The summed E-state index contributed by atoms with van der Waals surface area (Å²) in [4.78, 5) is 24.6. The number of carbonyl (C=O) groups excluding carboxylic acids is 1. The van der Waals surface area contributed by atoms with E-state index in [9.17, 15) is 9.59 Å². The van der Waals surface area contributed by atoms with Crippen molar-refractivity contribution >= 4 is 18.0 Å². The minimum Gasteiger partial charge on any atom is -0.478 e. The van der Waals surface area contributed by atoms with Crippen molar-refractivity contribution in [2.24, 2.45) is 5.92 Å². The molecular formula is C16H19NO4. The fourth-order valence-corrected chi connectivity index (χ4v) is 2.52. The van der Waals surface area contributed by atoms with E-state index >= 15 is 0 Å². The second-order valence-electron chi connectivity index (χ2n) is 5.21. The molecule has 112 valence electrons. The van der Waals surface area contributed by atoms with Gasteiger partial charge in [0.2, 0.25) is 0 Å². The number of benzene rings is 1. The molecule has 0 bridgehead atoms. The van der Waals surface area contributed by atoms with Crippen LogP contribution in [0.2, 0.25) is 0 Å². The van der Waals surface area contributed by atoms with Crippen molar-refractivity contribution in [3.63, 3.8) is 0 Å². The van der Waals surface area contributed by atoms with Crippen LogP contribution in [0.3, 0.4) is 0 Å². The Balaban J connectivity index is 1.99. The fourth-order valence-electron chi connectivity index (χ4n) is 2.52. The Morgan fingerprint density at radius 2 is 2.00 bits per heavy atom. The number of carbonyl (C=O) groups is 2. The Morgan fingerprint density at radius 3 is 2.62 bits per heavy atom. The molecule has 1 fully saturated rings. The van der Waals surface area contributed by atoms with Gasteiger partial charge in [0.25, 0.3) is 5.91 Å². The van der Waals surface area contributed by atoms with Gasteiger partial charge in [-0.25, -0.2) is 4.79 Å². The first-order chi connectivity index (χ1) is 10.1. The van der Waals surface area contributed by atoms with Crippen molar-refractivity contribution in [1.82, 2.24) is 4.90 Å². The smallest absolute Gasteiger partial charge is 0.328 e. The molecule has 0 aromatic heterocycles. The van der Waals surface area contributed by atoms with E-state index in [1.165, 1.54) is 6.08 Å². The molecule has 2 rings (SSSR count). The van der Waals surface area contributed by atoms with E-state index in [-0.39, 0.29) is 12.5 Å². The lowest BCUT2D eigenvalue weighted by atomic mass is 10.1. The topological polar surface area (TPSA) is 77.8 Å². The maximum Gasteiger partial charge on any atom is 0.328 e. The highest BCUT2D eigenvalue weighted by atomic mass is 16.4. The standard InChI is InChI=1S/C16H19NO4/c18-10-8-13-7-9-17(11-13)16(21)14-4-1-12(2-5-14)3-6-15(19)20/h1-6,13,18H,7-11H2,(H,19,20)/b6-3+. The van der Waals surface area contributed by atoms with Gasteiger partial charge in [-0.15, -0.1) is 0 Å². The van der Waals surface area contributed by atoms with Gasteiger partial charge in [-0.3, -0.25) is 4.79 Å². The first-order valence-electron chi connectivity index (χ1n) is 7.01. The highest BCUT2D eigenvalue weighted by molar-refractivity contribution is 5.94. The molecule has 1 aliphatic heterocycles. The Hall–Kier alpha value is -2.14. The van der Waals surface area contributed by atoms with Crippen molar-refractivity contribution in [2.45, 2.75) is 12.8 Å². The van der Waals surface area contributed by atoms with Crippen LogP contribution in [0.15, 0.2) is 30.3 Å². The SMILES string of the molecule is O=C(O)/C=C/c1ccc(C(=O)N2CCC(CCO)C2)cc1. The molecule has 5 heteroatoms. The van der Waals surface area contributed by atoms with Crippen LogP contribution in [0.25, 0.3) is 6.08 Å². The van der Waals surface area contributed by atoms with Gasteiger partial charge in [-0.2, -0.15) is 0 Å². The van der Waals surface area contributed by atoms with E-state index in [4.69, 9.17) is 10.2 Å². The van der Waals surface area contributed by atoms with Gasteiger partial charge < -0.3 is 15.1 Å². The van der Waals surface area contributed by atoms with Crippen LogP contribution < -0.4 is 0 Å². The van der Waals surface area contributed by atoms with Crippen LogP contribution in [-0.4, -0.2) is 46.7 Å². The molecule has 5 nitrogen and oxygen atoms in total. The summed E-state index contributed by atoms with van der Waals surface area (Å²) in [6.07, 6.45) is 4.23. The molecule has 0 radical (unpaired) electrons. The number of rotatable bonds is 5. The first-order valence-corrected chi connectivity index (χ1v) is 7.01. The van der Waals surface area contributed by atoms with Gasteiger partial charge in [-0.05, 0) is 42.5 Å². The minimum atomic E-state index is -0.998. The summed E-state index contributed by atoms with van der Waals surface area (Å²) >= 11 is 0. The van der Waals surface area contributed by atoms with Crippen LogP contribution in [0, 0.1) is 5.92 Å². The van der Waals surface area contributed by atoms with Crippen LogP contribution >= 0.6 is 0 Å². The molecule has 1 heterocycles. The molecule has 1 aromatic carbocycles. The lowest BCUT2D eigenvalue weighted by Gasteiger charge is -2.16. The molecule has 0 spiro atoms. The number of aliphatic hydroxyl groups is 1. The number of amides is 1. The molecule has 1 atom stereocenters. The molecule has 0 aliphatic carbocycles. The lowest BCUT2D eigenvalue weighted by molar-refractivity contribution is -0.131.